The SMILES string of the molecule is COc1cc(/C(=C/[NH2+]C2CC23CCc2c(F)cc(F)cc2N(CC(F)(F)F)C3=O)N=N)ccc1-n1cnc(C)c1. The van der Waals surface area contributed by atoms with Crippen molar-refractivity contribution in [2.45, 2.75) is 38.4 Å². The van der Waals surface area contributed by atoms with Gasteiger partial charge in [0.15, 0.2) is 0 Å². The minimum absolute atomic E-state index is 0.0162. The molecule has 5 rings (SSSR count). The third kappa shape index (κ3) is 5.08. The number of halogens is 5. The summed E-state index contributed by atoms with van der Waals surface area (Å²) in [5, 5.41) is 5.24. The van der Waals surface area contributed by atoms with Crippen LogP contribution >= 0.6 is 0 Å². The van der Waals surface area contributed by atoms with E-state index in [4.69, 9.17) is 10.3 Å². The Bertz CT molecular complexity index is 1520. The summed E-state index contributed by atoms with van der Waals surface area (Å²) in [4.78, 5) is 18.2. The van der Waals surface area contributed by atoms with Crippen LogP contribution in [0.25, 0.3) is 11.4 Å². The molecule has 3 aromatic rings. The summed E-state index contributed by atoms with van der Waals surface area (Å²) in [7, 11) is 1.50. The number of ether oxygens (including phenoxy) is 1. The summed E-state index contributed by atoms with van der Waals surface area (Å²) < 4.78 is 76.2. The number of imidazole rings is 1. The van der Waals surface area contributed by atoms with Crippen LogP contribution in [0.15, 0.2) is 54.2 Å². The lowest BCUT2D eigenvalue weighted by atomic mass is 9.96. The van der Waals surface area contributed by atoms with Crippen LogP contribution in [-0.2, 0) is 11.2 Å². The zero-order chi connectivity index (χ0) is 28.8. The number of aromatic nitrogens is 2. The number of rotatable bonds is 7. The van der Waals surface area contributed by atoms with Crippen molar-refractivity contribution in [3.05, 3.63) is 77.5 Å². The lowest BCUT2D eigenvalue weighted by Crippen LogP contribution is -2.82. The molecule has 2 aliphatic rings. The maximum absolute atomic E-state index is 14.6. The Labute approximate surface area is 226 Å². The lowest BCUT2D eigenvalue weighted by Gasteiger charge is -2.27. The average molecular weight is 562 g/mol. The van der Waals surface area contributed by atoms with Gasteiger partial charge in [0.1, 0.15) is 47.3 Å². The molecule has 2 atom stereocenters. The van der Waals surface area contributed by atoms with E-state index in [1.54, 1.807) is 40.6 Å². The molecule has 2 unspecified atom stereocenters. The van der Waals surface area contributed by atoms with Gasteiger partial charge in [-0.05, 0) is 38.0 Å². The highest BCUT2D eigenvalue weighted by Crippen LogP contribution is 2.52. The minimum Gasteiger partial charge on any atom is -0.495 e. The summed E-state index contributed by atoms with van der Waals surface area (Å²) in [6.07, 6.45) is 0.566. The van der Waals surface area contributed by atoms with E-state index in [1.165, 1.54) is 7.11 Å². The molecule has 1 aromatic heterocycles. The monoisotopic (exact) mass is 561 g/mol. The van der Waals surface area contributed by atoms with E-state index in [0.717, 1.165) is 17.4 Å². The number of amides is 1. The Morgan fingerprint density at radius 3 is 2.70 bits per heavy atom. The van der Waals surface area contributed by atoms with Crippen molar-refractivity contribution in [1.82, 2.24) is 9.55 Å². The summed E-state index contributed by atoms with van der Waals surface area (Å²) in [6, 6.07) is 6.14. The zero-order valence-corrected chi connectivity index (χ0v) is 21.6. The van der Waals surface area contributed by atoms with Gasteiger partial charge in [0.25, 0.3) is 0 Å². The van der Waals surface area contributed by atoms with Crippen molar-refractivity contribution in [1.29, 1.82) is 5.53 Å². The van der Waals surface area contributed by atoms with Crippen LogP contribution in [0.1, 0.15) is 29.7 Å². The van der Waals surface area contributed by atoms with Crippen LogP contribution in [0.5, 0.6) is 5.75 Å². The third-order valence-corrected chi connectivity index (χ3v) is 7.46. The molecule has 3 N–H and O–H groups in total. The van der Waals surface area contributed by atoms with Gasteiger partial charge in [-0.2, -0.15) is 18.3 Å². The van der Waals surface area contributed by atoms with E-state index in [1.807, 2.05) is 13.1 Å². The number of anilines is 1. The number of quaternary nitrogens is 1. The molecule has 1 amide bonds. The van der Waals surface area contributed by atoms with Gasteiger partial charge in [0.05, 0.1) is 30.5 Å². The number of hydrogen-bond donors (Lipinski definition) is 2. The second kappa shape index (κ2) is 10.1. The van der Waals surface area contributed by atoms with Gasteiger partial charge in [-0.25, -0.2) is 19.3 Å². The average Bonchev–Trinajstić information content (AvgIpc) is 3.47. The fraction of sp³-hybridized carbons (Fsp3) is 0.333. The van der Waals surface area contributed by atoms with Gasteiger partial charge >= 0.3 is 6.18 Å². The highest BCUT2D eigenvalue weighted by Gasteiger charge is 2.65. The normalized spacial score (nSPS) is 20.9. The highest BCUT2D eigenvalue weighted by atomic mass is 19.4. The van der Waals surface area contributed by atoms with Crippen LogP contribution in [0.2, 0.25) is 0 Å². The first-order valence-electron chi connectivity index (χ1n) is 12.4. The Hall–Kier alpha value is -4.13. The molecule has 210 valence electrons. The predicted octanol–water partition coefficient (Wildman–Crippen LogP) is 4.66. The molecule has 1 spiro atoms. The standard InChI is InChI=1S/C27H25F5N6O2/c1-15-12-37(14-35-15)21-4-3-16(7-23(21)40-2)20(36-33)11-34-24-10-26(24)6-5-18-19(29)8-17(28)9-22(18)38(25(26)39)13-27(30,31)32/h3-4,7-9,11-12,14,24,33-34H,5-6,10,13H2,1-2H3/p+1/b20-11-,36-33?. The first-order chi connectivity index (χ1) is 19.0. The first-order valence-corrected chi connectivity index (χ1v) is 12.4. The van der Waals surface area contributed by atoms with Crippen LogP contribution in [-0.4, -0.2) is 41.3 Å². The number of alkyl halides is 3. The van der Waals surface area contributed by atoms with Crippen LogP contribution in [0.4, 0.5) is 27.6 Å². The topological polar surface area (TPSA) is 100 Å². The van der Waals surface area contributed by atoms with Crippen LogP contribution < -0.4 is 15.0 Å². The van der Waals surface area contributed by atoms with Gasteiger partial charge in [0.2, 0.25) is 5.91 Å². The van der Waals surface area contributed by atoms with Gasteiger partial charge in [-0.1, -0.05) is 6.07 Å². The van der Waals surface area contributed by atoms with Gasteiger partial charge in [-0.3, -0.25) is 4.79 Å². The number of benzene rings is 2. The fourth-order valence-corrected chi connectivity index (χ4v) is 5.38. The van der Waals surface area contributed by atoms with Crippen molar-refractivity contribution in [3.63, 3.8) is 0 Å². The Balaban J connectivity index is 1.41. The van der Waals surface area contributed by atoms with E-state index in [-0.39, 0.29) is 36.2 Å². The molecule has 40 heavy (non-hydrogen) atoms. The van der Waals surface area contributed by atoms with Crippen molar-refractivity contribution in [3.8, 4) is 11.4 Å². The first kappa shape index (κ1) is 27.4. The van der Waals surface area contributed by atoms with Crippen molar-refractivity contribution in [2.75, 3.05) is 18.6 Å². The molecule has 0 radical (unpaired) electrons. The fourth-order valence-electron chi connectivity index (χ4n) is 5.38. The number of nitrogens with one attached hydrogen (secondary N) is 1. The van der Waals surface area contributed by atoms with E-state index in [2.05, 4.69) is 10.1 Å². The van der Waals surface area contributed by atoms with Gasteiger partial charge in [0, 0.05) is 29.8 Å². The van der Waals surface area contributed by atoms with Crippen molar-refractivity contribution >= 4 is 17.3 Å². The largest absolute Gasteiger partial charge is 0.495 e. The molecule has 8 nitrogen and oxygen atoms in total. The molecular weight excluding hydrogens is 535 g/mol. The predicted molar refractivity (Wildman–Crippen MR) is 134 cm³/mol. The van der Waals surface area contributed by atoms with Gasteiger partial charge < -0.3 is 19.5 Å². The summed E-state index contributed by atoms with van der Waals surface area (Å²) in [5.74, 6) is -2.36. The summed E-state index contributed by atoms with van der Waals surface area (Å²) >= 11 is 0. The number of nitrogens with two attached hydrogens (primary N) is 1. The number of fused-ring (bicyclic) bond motifs is 1. The van der Waals surface area contributed by atoms with E-state index in [0.29, 0.717) is 22.3 Å². The molecule has 1 saturated carbocycles. The molecule has 0 bridgehead atoms. The molecule has 2 heterocycles. The maximum Gasteiger partial charge on any atom is 0.406 e. The molecule has 13 heteroatoms. The molecular formula is C27H26F5N6O2+. The number of aryl methyl sites for hydroxylation is 1. The number of methoxy groups -OCH3 is 1. The third-order valence-electron chi connectivity index (χ3n) is 7.46. The quantitative estimate of drug-likeness (QED) is 0.324. The highest BCUT2D eigenvalue weighted by molar-refractivity contribution is 6.01. The second-order valence-electron chi connectivity index (χ2n) is 10.0. The Morgan fingerprint density at radius 2 is 2.05 bits per heavy atom. The zero-order valence-electron chi connectivity index (χ0n) is 21.6. The number of carbonyl (C=O) groups is 1. The molecule has 0 saturated heterocycles. The molecule has 1 aliphatic heterocycles. The summed E-state index contributed by atoms with van der Waals surface area (Å²) in [5.41, 5.74) is 8.33. The molecule has 1 aliphatic carbocycles. The number of carbonyl (C=O) groups excluding carboxylic acids is 1. The van der Waals surface area contributed by atoms with Crippen LogP contribution in [0, 0.1) is 29.5 Å². The van der Waals surface area contributed by atoms with Gasteiger partial charge in [-0.15, -0.1) is 0 Å². The smallest absolute Gasteiger partial charge is 0.406 e. The van der Waals surface area contributed by atoms with E-state index >= 15 is 0 Å². The summed E-state index contributed by atoms with van der Waals surface area (Å²) in [6.45, 7) is 0.203. The number of hydrogen-bond acceptors (Lipinski definition) is 5. The van der Waals surface area contributed by atoms with Crippen molar-refractivity contribution < 1.29 is 36.8 Å². The van der Waals surface area contributed by atoms with E-state index < -0.39 is 41.7 Å². The van der Waals surface area contributed by atoms with Crippen LogP contribution in [0.3, 0.4) is 0 Å². The minimum atomic E-state index is -4.77. The Morgan fingerprint density at radius 1 is 1.27 bits per heavy atom. The molecule has 1 fully saturated rings. The Kier molecular flexibility index (Phi) is 6.94. The van der Waals surface area contributed by atoms with Crippen molar-refractivity contribution in [2.24, 2.45) is 10.5 Å². The lowest BCUT2D eigenvalue weighted by molar-refractivity contribution is -0.606. The maximum atomic E-state index is 14.6. The number of nitrogens with zero attached hydrogens (tertiary/aromatic N) is 4. The molecule has 2 aromatic carbocycles. The second-order valence-corrected chi connectivity index (χ2v) is 10.0. The van der Waals surface area contributed by atoms with E-state index in [9.17, 15) is 26.7 Å².